The van der Waals surface area contributed by atoms with Crippen LogP contribution in [-0.2, 0) is 4.74 Å². The van der Waals surface area contributed by atoms with Crippen LogP contribution >= 0.6 is 11.6 Å². The predicted molar refractivity (Wildman–Crippen MR) is 128 cm³/mol. The summed E-state index contributed by atoms with van der Waals surface area (Å²) in [7, 11) is 2.70. The number of rotatable bonds is 4. The van der Waals surface area contributed by atoms with Gasteiger partial charge < -0.3 is 9.47 Å². The standard InChI is InChI=1S/C25H20ClN3O4/c1-32-23-21(24(30)29(28-25(31)33-2)18-14-12-17(26)13-15-18)19-10-6-7-11-20(19)27-22(23)16-8-4-3-5-9-16/h3-15H,1-2H3,(H,28,31). The molecule has 33 heavy (non-hydrogen) atoms. The Bertz CT molecular complexity index is 1310. The smallest absolute Gasteiger partial charge is 0.426 e. The van der Waals surface area contributed by atoms with Crippen molar-refractivity contribution in [2.45, 2.75) is 0 Å². The zero-order valence-electron chi connectivity index (χ0n) is 17.9. The van der Waals surface area contributed by atoms with E-state index in [1.54, 1.807) is 30.3 Å². The lowest BCUT2D eigenvalue weighted by Crippen LogP contribution is -2.46. The highest BCUT2D eigenvalue weighted by Gasteiger charge is 2.28. The molecule has 0 atom stereocenters. The van der Waals surface area contributed by atoms with Crippen LogP contribution in [0, 0.1) is 0 Å². The number of fused-ring (bicyclic) bond motifs is 1. The second-order valence-corrected chi connectivity index (χ2v) is 7.41. The van der Waals surface area contributed by atoms with Gasteiger partial charge in [0.05, 0.1) is 31.0 Å². The SMILES string of the molecule is COC(=O)NN(C(=O)c1c(OC)c(-c2ccccc2)nc2ccccc12)c1ccc(Cl)cc1. The van der Waals surface area contributed by atoms with Crippen LogP contribution in [0.3, 0.4) is 0 Å². The number of nitrogens with zero attached hydrogens (tertiary/aromatic N) is 2. The maximum Gasteiger partial charge on any atom is 0.426 e. The van der Waals surface area contributed by atoms with Crippen LogP contribution in [0.2, 0.25) is 5.02 Å². The van der Waals surface area contributed by atoms with E-state index < -0.39 is 12.0 Å². The molecular formula is C25H20ClN3O4. The van der Waals surface area contributed by atoms with Crippen molar-refractivity contribution in [2.75, 3.05) is 19.2 Å². The predicted octanol–water partition coefficient (Wildman–Crippen LogP) is 5.48. The van der Waals surface area contributed by atoms with Crippen molar-refractivity contribution >= 4 is 40.2 Å². The van der Waals surface area contributed by atoms with Crippen LogP contribution in [0.25, 0.3) is 22.2 Å². The molecule has 1 aromatic heterocycles. The topological polar surface area (TPSA) is 80.8 Å². The van der Waals surface area contributed by atoms with Crippen LogP contribution in [0.5, 0.6) is 5.75 Å². The molecule has 0 spiro atoms. The van der Waals surface area contributed by atoms with E-state index in [-0.39, 0.29) is 11.3 Å². The number of carbonyl (C=O) groups is 2. The second-order valence-electron chi connectivity index (χ2n) is 6.97. The number of hydrogen-bond acceptors (Lipinski definition) is 5. The van der Waals surface area contributed by atoms with Crippen LogP contribution in [0.4, 0.5) is 10.5 Å². The van der Waals surface area contributed by atoms with Crippen molar-refractivity contribution < 1.29 is 19.1 Å². The summed E-state index contributed by atoms with van der Waals surface area (Å²) in [5, 5.41) is 2.16. The number of ether oxygens (including phenoxy) is 2. The molecule has 4 aromatic rings. The van der Waals surface area contributed by atoms with Gasteiger partial charge in [0.2, 0.25) is 0 Å². The van der Waals surface area contributed by atoms with Gasteiger partial charge in [-0.2, -0.15) is 0 Å². The minimum absolute atomic E-state index is 0.244. The molecule has 0 aliphatic carbocycles. The van der Waals surface area contributed by atoms with Gasteiger partial charge >= 0.3 is 6.09 Å². The number of anilines is 1. The number of hydrogen-bond donors (Lipinski definition) is 1. The van der Waals surface area contributed by atoms with E-state index in [9.17, 15) is 9.59 Å². The summed E-state index contributed by atoms with van der Waals surface area (Å²) in [5.41, 5.74) is 5.01. The van der Waals surface area contributed by atoms with Gasteiger partial charge in [-0.25, -0.2) is 20.2 Å². The minimum atomic E-state index is -0.807. The van der Waals surface area contributed by atoms with Gasteiger partial charge in [-0.3, -0.25) is 4.79 Å². The third kappa shape index (κ3) is 4.44. The lowest BCUT2D eigenvalue weighted by atomic mass is 10.0. The number of benzene rings is 3. The second kappa shape index (κ2) is 9.58. The van der Waals surface area contributed by atoms with Crippen LogP contribution in [-0.4, -0.2) is 31.2 Å². The Hall–Kier alpha value is -4.10. The number of methoxy groups -OCH3 is 2. The first-order valence-corrected chi connectivity index (χ1v) is 10.4. The fourth-order valence-corrected chi connectivity index (χ4v) is 3.59. The van der Waals surface area contributed by atoms with Crippen molar-refractivity contribution in [3.63, 3.8) is 0 Å². The fraction of sp³-hybridized carbons (Fsp3) is 0.0800. The molecule has 7 nitrogen and oxygen atoms in total. The molecule has 0 aliphatic heterocycles. The molecule has 0 aliphatic rings. The summed E-state index contributed by atoms with van der Waals surface area (Å²) >= 11 is 6.02. The van der Waals surface area contributed by atoms with Crippen molar-refractivity contribution in [1.29, 1.82) is 0 Å². The molecule has 2 amide bonds. The maximum atomic E-state index is 14.0. The number of para-hydroxylation sites is 1. The number of hydrazine groups is 1. The van der Waals surface area contributed by atoms with Gasteiger partial charge in [0.1, 0.15) is 5.69 Å². The fourth-order valence-electron chi connectivity index (χ4n) is 3.47. The van der Waals surface area contributed by atoms with Crippen LogP contribution < -0.4 is 15.2 Å². The molecule has 166 valence electrons. The van der Waals surface area contributed by atoms with Gasteiger partial charge in [0.25, 0.3) is 5.91 Å². The normalized spacial score (nSPS) is 10.5. The number of carbonyl (C=O) groups excluding carboxylic acids is 2. The van der Waals surface area contributed by atoms with Crippen molar-refractivity contribution in [3.05, 3.63) is 89.4 Å². The van der Waals surface area contributed by atoms with E-state index in [2.05, 4.69) is 5.43 Å². The first-order valence-electron chi connectivity index (χ1n) is 10.00. The zero-order valence-corrected chi connectivity index (χ0v) is 18.7. The number of pyridine rings is 1. The molecule has 0 bridgehead atoms. The van der Waals surface area contributed by atoms with E-state index in [0.717, 1.165) is 10.6 Å². The zero-order chi connectivity index (χ0) is 23.4. The Morgan fingerprint density at radius 1 is 0.909 bits per heavy atom. The molecule has 0 unspecified atom stereocenters. The Labute approximate surface area is 195 Å². The highest BCUT2D eigenvalue weighted by atomic mass is 35.5. The minimum Gasteiger partial charge on any atom is -0.494 e. The van der Waals surface area contributed by atoms with Crippen LogP contribution in [0.1, 0.15) is 10.4 Å². The largest absolute Gasteiger partial charge is 0.494 e. The summed E-state index contributed by atoms with van der Waals surface area (Å²) in [6.45, 7) is 0. The van der Waals surface area contributed by atoms with Gasteiger partial charge in [-0.15, -0.1) is 0 Å². The quantitative estimate of drug-likeness (QED) is 0.407. The molecule has 8 heteroatoms. The summed E-state index contributed by atoms with van der Waals surface area (Å²) in [6.07, 6.45) is -0.807. The average molecular weight is 462 g/mol. The van der Waals surface area contributed by atoms with Gasteiger partial charge in [-0.05, 0) is 30.3 Å². The number of halogens is 1. The van der Waals surface area contributed by atoms with Crippen molar-refractivity contribution in [3.8, 4) is 17.0 Å². The third-order valence-electron chi connectivity index (χ3n) is 4.99. The number of nitrogens with one attached hydrogen (secondary N) is 1. The van der Waals surface area contributed by atoms with Crippen LogP contribution in [0.15, 0.2) is 78.9 Å². The van der Waals surface area contributed by atoms with Gasteiger partial charge in [0, 0.05) is 16.0 Å². The third-order valence-corrected chi connectivity index (χ3v) is 5.24. The molecule has 4 rings (SSSR count). The summed E-state index contributed by atoms with van der Waals surface area (Å²) in [6, 6.07) is 23.1. The lowest BCUT2D eigenvalue weighted by Gasteiger charge is -2.25. The molecule has 1 N–H and O–H groups in total. The van der Waals surface area contributed by atoms with E-state index in [1.165, 1.54) is 14.2 Å². The Morgan fingerprint density at radius 2 is 1.58 bits per heavy atom. The van der Waals surface area contributed by atoms with Crippen molar-refractivity contribution in [1.82, 2.24) is 10.4 Å². The first-order chi connectivity index (χ1) is 16.0. The van der Waals surface area contributed by atoms with E-state index in [1.807, 2.05) is 48.5 Å². The molecule has 1 heterocycles. The molecule has 3 aromatic carbocycles. The highest BCUT2D eigenvalue weighted by molar-refractivity contribution is 6.30. The van der Waals surface area contributed by atoms with E-state index in [0.29, 0.717) is 27.3 Å². The summed E-state index contributed by atoms with van der Waals surface area (Å²) in [4.78, 5) is 30.8. The van der Waals surface area contributed by atoms with Crippen molar-refractivity contribution in [2.24, 2.45) is 0 Å². The van der Waals surface area contributed by atoms with Gasteiger partial charge in [0.15, 0.2) is 5.75 Å². The molecule has 0 fully saturated rings. The number of aromatic nitrogens is 1. The Kier molecular flexibility index (Phi) is 6.42. The Balaban J connectivity index is 1.96. The van der Waals surface area contributed by atoms with E-state index >= 15 is 0 Å². The Morgan fingerprint density at radius 3 is 2.24 bits per heavy atom. The monoisotopic (exact) mass is 461 g/mol. The molecule has 0 radical (unpaired) electrons. The average Bonchev–Trinajstić information content (AvgIpc) is 2.86. The number of amides is 2. The first kappa shape index (κ1) is 22.1. The summed E-state index contributed by atoms with van der Waals surface area (Å²) < 4.78 is 10.5. The molecule has 0 saturated carbocycles. The van der Waals surface area contributed by atoms with E-state index in [4.69, 9.17) is 26.1 Å². The highest BCUT2D eigenvalue weighted by Crippen LogP contribution is 2.37. The molecular weight excluding hydrogens is 442 g/mol. The van der Waals surface area contributed by atoms with Gasteiger partial charge in [-0.1, -0.05) is 60.1 Å². The maximum absolute atomic E-state index is 14.0. The summed E-state index contributed by atoms with van der Waals surface area (Å²) in [5.74, 6) is -0.245. The molecule has 0 saturated heterocycles. The lowest BCUT2D eigenvalue weighted by molar-refractivity contribution is 0.0963.